The van der Waals surface area contributed by atoms with E-state index in [1.54, 1.807) is 24.3 Å². The van der Waals surface area contributed by atoms with Gasteiger partial charge in [0.1, 0.15) is 0 Å². The van der Waals surface area contributed by atoms with Crippen LogP contribution < -0.4 is 11.0 Å². The quantitative estimate of drug-likeness (QED) is 0.413. The second kappa shape index (κ2) is 8.70. The molecule has 0 fully saturated rings. The monoisotopic (exact) mass is 473 g/mol. The van der Waals surface area contributed by atoms with Gasteiger partial charge >= 0.3 is 0 Å². The van der Waals surface area contributed by atoms with Crippen molar-refractivity contribution >= 4 is 38.8 Å². The van der Waals surface area contributed by atoms with Crippen molar-refractivity contribution in [3.05, 3.63) is 104 Å². The Morgan fingerprint density at radius 1 is 1.00 bits per heavy atom. The van der Waals surface area contributed by atoms with Crippen molar-refractivity contribution < 1.29 is 4.79 Å². The first kappa shape index (κ1) is 20.8. The third-order valence-electron chi connectivity index (χ3n) is 5.06. The van der Waals surface area contributed by atoms with Gasteiger partial charge in [-0.3, -0.25) is 15.0 Å². The zero-order valence-electron chi connectivity index (χ0n) is 17.1. The summed E-state index contributed by atoms with van der Waals surface area (Å²) in [5.74, 6) is -0.0376. The summed E-state index contributed by atoms with van der Waals surface area (Å²) < 4.78 is 2.18. The van der Waals surface area contributed by atoms with Gasteiger partial charge in [0.25, 0.3) is 11.5 Å². The van der Waals surface area contributed by atoms with Crippen molar-refractivity contribution in [1.82, 2.24) is 9.66 Å². The van der Waals surface area contributed by atoms with Crippen LogP contribution in [0.4, 0.5) is 0 Å². The molecule has 1 amide bonds. The van der Waals surface area contributed by atoms with Gasteiger partial charge in [-0.15, -0.1) is 0 Å². The fourth-order valence-electron chi connectivity index (χ4n) is 3.20. The summed E-state index contributed by atoms with van der Waals surface area (Å²) in [7, 11) is 0. The largest absolute Gasteiger partial charge is 0.280 e. The van der Waals surface area contributed by atoms with Gasteiger partial charge in [0.05, 0.1) is 10.9 Å². The Hall–Kier alpha value is -3.51. The van der Waals surface area contributed by atoms with Gasteiger partial charge < -0.3 is 0 Å². The predicted octanol–water partition coefficient (Wildman–Crippen LogP) is 5.23. The van der Waals surface area contributed by atoms with Gasteiger partial charge in [0.2, 0.25) is 0 Å². The zero-order chi connectivity index (χ0) is 22.0. The molecule has 1 N–H and O–H groups in total. The van der Waals surface area contributed by atoms with Crippen molar-refractivity contribution in [2.24, 2.45) is 0 Å². The van der Waals surface area contributed by atoms with E-state index < -0.39 is 5.91 Å². The smallest absolute Gasteiger partial charge is 0.268 e. The number of fused-ring (bicyclic) bond motifs is 1. The molecule has 0 saturated heterocycles. The molecule has 0 spiro atoms. The van der Waals surface area contributed by atoms with Crippen LogP contribution in [0.25, 0.3) is 28.4 Å². The van der Waals surface area contributed by atoms with Gasteiger partial charge in [-0.2, -0.15) is 4.68 Å². The lowest BCUT2D eigenvalue weighted by atomic mass is 10.1. The first-order chi connectivity index (χ1) is 14.9. The number of rotatable bonds is 4. The summed E-state index contributed by atoms with van der Waals surface area (Å²) in [5, 5.41) is 0.437. The number of carbonyl (C=O) groups excluding carboxylic acids is 1. The number of nitrogens with one attached hydrogen (secondary N) is 1. The van der Waals surface area contributed by atoms with E-state index in [1.807, 2.05) is 62.4 Å². The van der Waals surface area contributed by atoms with Crippen molar-refractivity contribution in [3.63, 3.8) is 0 Å². The molecule has 0 saturated carbocycles. The lowest BCUT2D eigenvalue weighted by Gasteiger charge is -2.14. The summed E-state index contributed by atoms with van der Waals surface area (Å²) in [6.07, 6.45) is 3.09. The highest BCUT2D eigenvalue weighted by molar-refractivity contribution is 9.10. The molecule has 1 aromatic heterocycles. The SMILES string of the molecule is Cc1ccc(-c2nc3ccccc3c(=O)n2NC(=O)/C=C/c2ccc(Br)cc2)cc1C. The zero-order valence-corrected chi connectivity index (χ0v) is 18.7. The van der Waals surface area contributed by atoms with E-state index in [2.05, 4.69) is 26.3 Å². The van der Waals surface area contributed by atoms with E-state index in [0.29, 0.717) is 16.7 Å². The van der Waals surface area contributed by atoms with Crippen molar-refractivity contribution in [1.29, 1.82) is 0 Å². The average molecular weight is 474 g/mol. The predicted molar refractivity (Wildman–Crippen MR) is 128 cm³/mol. The topological polar surface area (TPSA) is 64.0 Å². The molecule has 1 heterocycles. The van der Waals surface area contributed by atoms with Crippen molar-refractivity contribution in [3.8, 4) is 11.4 Å². The Kier molecular flexibility index (Phi) is 5.82. The molecule has 154 valence electrons. The Morgan fingerprint density at radius 3 is 2.48 bits per heavy atom. The molecule has 4 rings (SSSR count). The van der Waals surface area contributed by atoms with Crippen molar-refractivity contribution in [2.45, 2.75) is 13.8 Å². The normalized spacial score (nSPS) is 11.2. The number of para-hydroxylation sites is 1. The number of halogens is 1. The number of amides is 1. The van der Waals surface area contributed by atoms with E-state index in [9.17, 15) is 9.59 Å². The number of hydrogen-bond donors (Lipinski definition) is 1. The Labute approximate surface area is 188 Å². The fourth-order valence-corrected chi connectivity index (χ4v) is 3.47. The summed E-state index contributed by atoms with van der Waals surface area (Å²) in [4.78, 5) is 30.5. The lowest BCUT2D eigenvalue weighted by Crippen LogP contribution is -2.34. The third kappa shape index (κ3) is 4.49. The average Bonchev–Trinajstić information content (AvgIpc) is 2.77. The minimum absolute atomic E-state index is 0.329. The van der Waals surface area contributed by atoms with Crippen LogP contribution in [0.2, 0.25) is 0 Å². The molecule has 3 aromatic carbocycles. The second-order valence-corrected chi connectivity index (χ2v) is 8.17. The van der Waals surface area contributed by atoms with Gasteiger partial charge in [0, 0.05) is 16.1 Å². The maximum Gasteiger partial charge on any atom is 0.280 e. The standard InChI is InChI=1S/C25H20BrN3O2/c1-16-7-11-19(15-17(16)2)24-27-22-6-4-3-5-21(22)25(31)29(24)28-23(30)14-10-18-8-12-20(26)13-9-18/h3-15H,1-2H3,(H,28,30)/b14-10+. The number of aryl methyl sites for hydroxylation is 2. The lowest BCUT2D eigenvalue weighted by molar-refractivity contribution is -0.112. The van der Waals surface area contributed by atoms with E-state index >= 15 is 0 Å². The molecule has 0 unspecified atom stereocenters. The molecule has 0 atom stereocenters. The molecular weight excluding hydrogens is 454 g/mol. The summed E-state index contributed by atoms with van der Waals surface area (Å²) in [6.45, 7) is 4.02. The van der Waals surface area contributed by atoms with Crippen LogP contribution >= 0.6 is 15.9 Å². The Bertz CT molecular complexity index is 1370. The molecule has 4 aromatic rings. The van der Waals surface area contributed by atoms with Gasteiger partial charge in [-0.25, -0.2) is 4.98 Å². The second-order valence-electron chi connectivity index (χ2n) is 7.25. The molecule has 0 aliphatic carbocycles. The number of aromatic nitrogens is 2. The van der Waals surface area contributed by atoms with Crippen LogP contribution in [0.3, 0.4) is 0 Å². The molecule has 5 nitrogen and oxygen atoms in total. The first-order valence-electron chi connectivity index (χ1n) is 9.76. The van der Waals surface area contributed by atoms with Gasteiger partial charge in [-0.05, 0) is 66.9 Å². The molecular formula is C25H20BrN3O2. The summed E-state index contributed by atoms with van der Waals surface area (Å²) >= 11 is 3.39. The molecule has 0 aliphatic rings. The molecule has 31 heavy (non-hydrogen) atoms. The van der Waals surface area contributed by atoms with E-state index in [1.165, 1.54) is 10.8 Å². The number of carbonyl (C=O) groups is 1. The minimum atomic E-state index is -0.424. The molecule has 0 radical (unpaired) electrons. The van der Waals surface area contributed by atoms with E-state index in [-0.39, 0.29) is 5.56 Å². The number of hydrogen-bond acceptors (Lipinski definition) is 3. The Balaban J connectivity index is 1.77. The van der Waals surface area contributed by atoms with Crippen LogP contribution in [0, 0.1) is 13.8 Å². The highest BCUT2D eigenvalue weighted by atomic mass is 79.9. The first-order valence-corrected chi connectivity index (χ1v) is 10.6. The maximum absolute atomic E-state index is 13.2. The summed E-state index contributed by atoms with van der Waals surface area (Å²) in [5.41, 5.74) is 6.78. The molecule has 0 aliphatic heterocycles. The van der Waals surface area contributed by atoms with Crippen molar-refractivity contribution in [2.75, 3.05) is 5.43 Å². The van der Waals surface area contributed by atoms with E-state index in [0.717, 1.165) is 26.7 Å². The van der Waals surface area contributed by atoms with Crippen LogP contribution in [-0.2, 0) is 4.79 Å². The summed E-state index contributed by atoms with van der Waals surface area (Å²) in [6, 6.07) is 20.5. The van der Waals surface area contributed by atoms with Crippen LogP contribution in [-0.4, -0.2) is 15.6 Å². The van der Waals surface area contributed by atoms with Gasteiger partial charge in [-0.1, -0.05) is 52.3 Å². The number of benzene rings is 3. The minimum Gasteiger partial charge on any atom is -0.268 e. The Morgan fingerprint density at radius 2 is 1.74 bits per heavy atom. The highest BCUT2D eigenvalue weighted by Gasteiger charge is 2.14. The number of nitrogens with zero attached hydrogens (tertiary/aromatic N) is 2. The fraction of sp³-hybridized carbons (Fsp3) is 0.0800. The van der Waals surface area contributed by atoms with Gasteiger partial charge in [0.15, 0.2) is 5.82 Å². The van der Waals surface area contributed by atoms with Crippen LogP contribution in [0.5, 0.6) is 0 Å². The van der Waals surface area contributed by atoms with Crippen LogP contribution in [0.15, 0.2) is 82.1 Å². The maximum atomic E-state index is 13.2. The third-order valence-corrected chi connectivity index (χ3v) is 5.59. The highest BCUT2D eigenvalue weighted by Crippen LogP contribution is 2.21. The van der Waals surface area contributed by atoms with Crippen LogP contribution in [0.1, 0.15) is 16.7 Å². The van der Waals surface area contributed by atoms with E-state index in [4.69, 9.17) is 0 Å². The molecule has 0 bridgehead atoms. The molecule has 6 heteroatoms.